The van der Waals surface area contributed by atoms with Crippen LogP contribution in [0.1, 0.15) is 5.56 Å². The number of nitrogens with two attached hydrogens (primary N) is 1. The normalized spacial score (nSPS) is 14.3. The van der Waals surface area contributed by atoms with Gasteiger partial charge >= 0.3 is 0 Å². The highest BCUT2D eigenvalue weighted by Gasteiger charge is 2.14. The molecule has 0 aromatic heterocycles. The van der Waals surface area contributed by atoms with Crippen molar-refractivity contribution in [2.24, 2.45) is 0 Å². The number of hydrogen-bond acceptors (Lipinski definition) is 5. The molecule has 2 aromatic rings. The first kappa shape index (κ1) is 18.8. The van der Waals surface area contributed by atoms with E-state index in [-0.39, 0.29) is 0 Å². The third-order valence-corrected chi connectivity index (χ3v) is 3.74. The van der Waals surface area contributed by atoms with Crippen molar-refractivity contribution in [3.63, 3.8) is 0 Å². The number of rotatable bonds is 4. The molecule has 0 saturated carbocycles. The average molecular weight is 343 g/mol. The Hall–Kier alpha value is -2.57. The van der Waals surface area contributed by atoms with Crippen LogP contribution in [-0.2, 0) is 21.0 Å². The maximum atomic E-state index is 10.6. The number of ether oxygens (including phenoxy) is 1. The van der Waals surface area contributed by atoms with Gasteiger partial charge in [-0.1, -0.05) is 30.3 Å². The molecule has 3 rings (SSSR count). The van der Waals surface area contributed by atoms with Crippen molar-refractivity contribution in [1.29, 1.82) is 0 Å². The topological polar surface area (TPSA) is 68.0 Å². The van der Waals surface area contributed by atoms with Gasteiger partial charge in [0.1, 0.15) is 0 Å². The maximum Gasteiger partial charge on any atom is 0.233 e. The molecule has 0 atom stereocenters. The minimum Gasteiger partial charge on any atom is -0.399 e. The molecular weight excluding hydrogens is 318 g/mol. The van der Waals surface area contributed by atoms with Gasteiger partial charge in [0.15, 0.2) is 0 Å². The molecule has 1 heterocycles. The van der Waals surface area contributed by atoms with Gasteiger partial charge in [-0.2, -0.15) is 0 Å². The van der Waals surface area contributed by atoms with Crippen molar-refractivity contribution in [3.8, 4) is 0 Å². The first-order valence-electron chi connectivity index (χ1n) is 8.21. The van der Waals surface area contributed by atoms with Gasteiger partial charge in [0.05, 0.1) is 19.8 Å². The summed E-state index contributed by atoms with van der Waals surface area (Å²) in [5.74, 6) is 0. The van der Waals surface area contributed by atoms with E-state index >= 15 is 0 Å². The highest BCUT2D eigenvalue weighted by molar-refractivity contribution is 5.53. The molecule has 1 aliphatic rings. The van der Waals surface area contributed by atoms with E-state index in [2.05, 4.69) is 4.90 Å². The van der Waals surface area contributed by atoms with E-state index in [0.717, 1.165) is 24.5 Å². The molecule has 1 saturated heterocycles. The number of nitrogens with zero attached hydrogens (tertiary/aromatic N) is 2. The van der Waals surface area contributed by atoms with Crippen LogP contribution in [0, 0.1) is 0 Å². The van der Waals surface area contributed by atoms with E-state index < -0.39 is 0 Å². The molecular formula is C19H25N3O3. The summed E-state index contributed by atoms with van der Waals surface area (Å²) < 4.78 is 4.93. The highest BCUT2D eigenvalue weighted by Crippen LogP contribution is 2.17. The largest absolute Gasteiger partial charge is 0.399 e. The fraction of sp³-hybridized carbons (Fsp3) is 0.316. The number of hydrogen-bond donors (Lipinski definition) is 1. The van der Waals surface area contributed by atoms with Crippen molar-refractivity contribution < 1.29 is 14.4 Å². The monoisotopic (exact) mass is 343 g/mol. The zero-order chi connectivity index (χ0) is 17.9. The number of carbonyl (C=O) groups excluding carboxylic acids is 1. The van der Waals surface area contributed by atoms with Gasteiger partial charge in [-0.3, -0.25) is 9.63 Å². The van der Waals surface area contributed by atoms with Crippen LogP contribution in [0.4, 0.5) is 11.4 Å². The van der Waals surface area contributed by atoms with Crippen molar-refractivity contribution in [3.05, 3.63) is 60.2 Å². The Bertz CT molecular complexity index is 620. The molecule has 6 nitrogen and oxygen atoms in total. The fourth-order valence-electron chi connectivity index (χ4n) is 2.43. The molecule has 0 unspecified atom stereocenters. The van der Waals surface area contributed by atoms with Gasteiger partial charge in [0.2, 0.25) is 6.41 Å². The molecule has 0 spiro atoms. The Morgan fingerprint density at radius 2 is 1.80 bits per heavy atom. The van der Waals surface area contributed by atoms with Gasteiger partial charge in [-0.25, -0.2) is 5.06 Å². The van der Waals surface area contributed by atoms with Crippen LogP contribution >= 0.6 is 0 Å². The highest BCUT2D eigenvalue weighted by atomic mass is 16.7. The van der Waals surface area contributed by atoms with Crippen LogP contribution in [0.2, 0.25) is 0 Å². The minimum absolute atomic E-state index is 0.517. The second-order valence-corrected chi connectivity index (χ2v) is 5.58. The first-order valence-corrected chi connectivity index (χ1v) is 8.21. The Balaban J connectivity index is 0.000000212. The van der Waals surface area contributed by atoms with Gasteiger partial charge in [-0.05, 0) is 29.8 Å². The van der Waals surface area contributed by atoms with Crippen LogP contribution < -0.4 is 10.6 Å². The molecule has 0 aliphatic carbocycles. The number of amides is 1. The molecule has 6 heteroatoms. The molecule has 134 valence electrons. The van der Waals surface area contributed by atoms with E-state index in [1.807, 2.05) is 54.6 Å². The second kappa shape index (κ2) is 10.3. The predicted molar refractivity (Wildman–Crippen MR) is 98.9 cm³/mol. The number of carbonyl (C=O) groups is 1. The van der Waals surface area contributed by atoms with Gasteiger partial charge < -0.3 is 15.4 Å². The summed E-state index contributed by atoms with van der Waals surface area (Å²) in [5.41, 5.74) is 8.71. The predicted octanol–water partition coefficient (Wildman–Crippen LogP) is 2.31. The quantitative estimate of drug-likeness (QED) is 0.681. The fourth-order valence-corrected chi connectivity index (χ4v) is 2.43. The zero-order valence-electron chi connectivity index (χ0n) is 14.5. The lowest BCUT2D eigenvalue weighted by Gasteiger charge is -2.21. The third kappa shape index (κ3) is 6.45. The summed E-state index contributed by atoms with van der Waals surface area (Å²) in [6, 6.07) is 17.8. The smallest absolute Gasteiger partial charge is 0.233 e. The number of nitrogen functional groups attached to an aromatic ring is 1. The third-order valence-electron chi connectivity index (χ3n) is 3.74. The minimum atomic E-state index is 0.517. The lowest BCUT2D eigenvalue weighted by molar-refractivity contribution is -0.166. The Labute approximate surface area is 148 Å². The molecule has 0 radical (unpaired) electrons. The van der Waals surface area contributed by atoms with Crippen LogP contribution in [0.25, 0.3) is 0 Å². The van der Waals surface area contributed by atoms with Crippen molar-refractivity contribution in [1.82, 2.24) is 5.06 Å². The van der Waals surface area contributed by atoms with Crippen molar-refractivity contribution >= 4 is 17.8 Å². The molecule has 2 N–H and O–H groups in total. The summed E-state index contributed by atoms with van der Waals surface area (Å²) in [7, 11) is 1.70. The summed E-state index contributed by atoms with van der Waals surface area (Å²) in [4.78, 5) is 18.0. The molecule has 1 amide bonds. The summed E-state index contributed by atoms with van der Waals surface area (Å²) in [6.45, 7) is 3.34. The maximum absolute atomic E-state index is 10.6. The molecule has 25 heavy (non-hydrogen) atoms. The second-order valence-electron chi connectivity index (χ2n) is 5.58. The van der Waals surface area contributed by atoms with Gasteiger partial charge in [0, 0.05) is 31.6 Å². The summed E-state index contributed by atoms with van der Waals surface area (Å²) in [5, 5.41) is 1.33. The number of hydroxylamine groups is 2. The molecule has 0 bridgehead atoms. The van der Waals surface area contributed by atoms with E-state index in [1.165, 1.54) is 10.6 Å². The number of methoxy groups -OCH3 is 1. The van der Waals surface area contributed by atoms with Crippen LogP contribution in [-0.4, -0.2) is 44.8 Å². The Morgan fingerprint density at radius 1 is 1.08 bits per heavy atom. The zero-order valence-corrected chi connectivity index (χ0v) is 14.5. The Kier molecular flexibility index (Phi) is 7.75. The van der Waals surface area contributed by atoms with E-state index in [9.17, 15) is 4.79 Å². The van der Waals surface area contributed by atoms with Crippen molar-refractivity contribution in [2.45, 2.75) is 6.61 Å². The Morgan fingerprint density at radius 3 is 2.44 bits per heavy atom. The van der Waals surface area contributed by atoms with E-state index in [0.29, 0.717) is 26.2 Å². The van der Waals surface area contributed by atoms with Crippen LogP contribution in [0.5, 0.6) is 0 Å². The first-order chi connectivity index (χ1) is 12.2. The van der Waals surface area contributed by atoms with Crippen LogP contribution in [0.15, 0.2) is 54.6 Å². The van der Waals surface area contributed by atoms with E-state index in [1.54, 1.807) is 7.11 Å². The molecule has 1 aliphatic heterocycles. The van der Waals surface area contributed by atoms with E-state index in [4.69, 9.17) is 15.3 Å². The summed E-state index contributed by atoms with van der Waals surface area (Å²) in [6.07, 6.45) is 0.715. The standard InChI is InChI=1S/C11H15N3O2.C8H10O/c12-10-1-3-11(4-2-10)13-5-6-14(9-15)16-8-7-13;1-9-7-8-5-3-2-4-6-8/h1-4,9H,5-8,12H2;2-6H,7H2,1H3. The average Bonchev–Trinajstić information content (AvgIpc) is 2.90. The molecule has 1 fully saturated rings. The van der Waals surface area contributed by atoms with Crippen LogP contribution in [0.3, 0.4) is 0 Å². The lowest BCUT2D eigenvalue weighted by Crippen LogP contribution is -2.29. The number of anilines is 2. The lowest BCUT2D eigenvalue weighted by atomic mass is 10.2. The van der Waals surface area contributed by atoms with Crippen molar-refractivity contribution in [2.75, 3.05) is 44.0 Å². The molecule has 2 aromatic carbocycles. The number of benzene rings is 2. The summed E-state index contributed by atoms with van der Waals surface area (Å²) >= 11 is 0. The van der Waals surface area contributed by atoms with Gasteiger partial charge in [0.25, 0.3) is 0 Å². The SMILES string of the molecule is COCc1ccccc1.Nc1ccc(N2CCON(C=O)CC2)cc1. The van der Waals surface area contributed by atoms with Gasteiger partial charge in [-0.15, -0.1) is 0 Å².